The fourth-order valence-electron chi connectivity index (χ4n) is 0.637. The summed E-state index contributed by atoms with van der Waals surface area (Å²) in [6.45, 7) is 9.74. The van der Waals surface area contributed by atoms with Gasteiger partial charge in [-0.3, -0.25) is 0 Å². The molecule has 0 saturated carbocycles. The molecule has 0 saturated heterocycles. The van der Waals surface area contributed by atoms with Crippen LogP contribution in [0.4, 0.5) is 0 Å². The average Bonchev–Trinajstić information content (AvgIpc) is 2.11. The lowest BCUT2D eigenvalue weighted by Gasteiger charge is -1.90. The molecule has 0 N–H and O–H groups in total. The second-order valence-electron chi connectivity index (χ2n) is 2.85. The first kappa shape index (κ1) is 11.0. The zero-order chi connectivity index (χ0) is 9.40. The Bertz CT molecular complexity index is 185. The second-order valence-corrected chi connectivity index (χ2v) is 2.85. The minimum atomic E-state index is 1.08. The number of allylic oxidation sites excluding steroid dienone is 1. The molecule has 0 unspecified atom stereocenters. The highest BCUT2D eigenvalue weighted by atomic mass is 13.9. The number of hydrogen-bond donors (Lipinski definition) is 0. The summed E-state index contributed by atoms with van der Waals surface area (Å²) in [6, 6.07) is 8.48. The van der Waals surface area contributed by atoms with Crippen LogP contribution in [-0.4, -0.2) is 0 Å². The Hall–Kier alpha value is -1.04. The summed E-state index contributed by atoms with van der Waals surface area (Å²) < 4.78 is 0. The Kier molecular flexibility index (Phi) is 6.08. The van der Waals surface area contributed by atoms with Crippen molar-refractivity contribution in [1.29, 1.82) is 0 Å². The number of hydrogen-bond acceptors (Lipinski definition) is 0. The lowest BCUT2D eigenvalue weighted by molar-refractivity contribution is 1.23. The Morgan fingerprint density at radius 3 is 1.50 bits per heavy atom. The zero-order valence-electron chi connectivity index (χ0n) is 8.30. The molecule has 66 valence electrons. The van der Waals surface area contributed by atoms with E-state index in [4.69, 9.17) is 0 Å². The maximum absolute atomic E-state index is 3.48. The summed E-state index contributed by atoms with van der Waals surface area (Å²) in [5.74, 6) is 0. The lowest BCUT2D eigenvalue weighted by atomic mass is 10.2. The summed E-state index contributed by atoms with van der Waals surface area (Å²) >= 11 is 0. The molecule has 0 aliphatic heterocycles. The van der Waals surface area contributed by atoms with Crippen LogP contribution in [0, 0.1) is 13.8 Å². The van der Waals surface area contributed by atoms with E-state index in [1.165, 1.54) is 11.1 Å². The van der Waals surface area contributed by atoms with Gasteiger partial charge in [-0.25, -0.2) is 0 Å². The molecule has 0 spiro atoms. The largest absolute Gasteiger partial charge is 0.103 e. The Balaban J connectivity index is 0.000000261. The van der Waals surface area contributed by atoms with Crippen molar-refractivity contribution < 1.29 is 0 Å². The molecule has 0 heteroatoms. The number of aryl methyl sites for hydroxylation is 2. The van der Waals surface area contributed by atoms with Crippen molar-refractivity contribution in [1.82, 2.24) is 0 Å². The first-order valence-electron chi connectivity index (χ1n) is 4.34. The van der Waals surface area contributed by atoms with Crippen LogP contribution in [0.25, 0.3) is 0 Å². The average molecular weight is 162 g/mol. The van der Waals surface area contributed by atoms with Gasteiger partial charge in [0, 0.05) is 0 Å². The maximum Gasteiger partial charge on any atom is -0.0382 e. The topological polar surface area (TPSA) is 0 Å². The molecule has 0 heterocycles. The second kappa shape index (κ2) is 6.66. The molecule has 0 aromatic heterocycles. The third kappa shape index (κ3) is 5.72. The van der Waals surface area contributed by atoms with E-state index in [0.29, 0.717) is 0 Å². The summed E-state index contributed by atoms with van der Waals surface area (Å²) in [6.07, 6.45) is 2.96. The van der Waals surface area contributed by atoms with E-state index >= 15 is 0 Å². The van der Waals surface area contributed by atoms with Gasteiger partial charge >= 0.3 is 0 Å². The van der Waals surface area contributed by atoms with Gasteiger partial charge in [0.05, 0.1) is 0 Å². The highest BCUT2D eigenvalue weighted by Gasteiger charge is 1.79. The smallest absolute Gasteiger partial charge is 0.0382 e. The van der Waals surface area contributed by atoms with E-state index < -0.39 is 0 Å². The van der Waals surface area contributed by atoms with E-state index in [-0.39, 0.29) is 0 Å². The van der Waals surface area contributed by atoms with Crippen LogP contribution in [0.3, 0.4) is 0 Å². The van der Waals surface area contributed by atoms with Crippen LogP contribution in [0.2, 0.25) is 0 Å². The summed E-state index contributed by atoms with van der Waals surface area (Å²) in [7, 11) is 0. The molecule has 0 nitrogen and oxygen atoms in total. The minimum absolute atomic E-state index is 1.08. The minimum Gasteiger partial charge on any atom is -0.103 e. The predicted octanol–water partition coefficient (Wildman–Crippen LogP) is 3.89. The van der Waals surface area contributed by atoms with Gasteiger partial charge in [-0.05, 0) is 20.3 Å². The normalized spacial score (nSPS) is 8.25. The predicted molar refractivity (Wildman–Crippen MR) is 56.4 cm³/mol. The molecular formula is C12H18. The molecular weight excluding hydrogens is 144 g/mol. The van der Waals surface area contributed by atoms with Gasteiger partial charge in [0.15, 0.2) is 0 Å². The Labute approximate surface area is 75.9 Å². The monoisotopic (exact) mass is 162 g/mol. The molecule has 0 atom stereocenters. The molecule has 0 radical (unpaired) electrons. The summed E-state index contributed by atoms with van der Waals surface area (Å²) in [4.78, 5) is 0. The van der Waals surface area contributed by atoms with Crippen molar-refractivity contribution >= 4 is 0 Å². The molecule has 1 aromatic carbocycles. The van der Waals surface area contributed by atoms with Gasteiger partial charge in [0.2, 0.25) is 0 Å². The van der Waals surface area contributed by atoms with Gasteiger partial charge in [0.1, 0.15) is 0 Å². The van der Waals surface area contributed by atoms with E-state index in [1.807, 2.05) is 6.08 Å². The number of benzene rings is 1. The van der Waals surface area contributed by atoms with Crippen LogP contribution < -0.4 is 0 Å². The third-order valence-electron chi connectivity index (χ3n) is 1.51. The first-order valence-corrected chi connectivity index (χ1v) is 4.34. The Morgan fingerprint density at radius 2 is 1.33 bits per heavy atom. The summed E-state index contributed by atoms with van der Waals surface area (Å²) in [5.41, 5.74) is 2.66. The van der Waals surface area contributed by atoms with E-state index in [9.17, 15) is 0 Å². The fourth-order valence-corrected chi connectivity index (χ4v) is 0.637. The highest BCUT2D eigenvalue weighted by molar-refractivity contribution is 5.19. The lowest BCUT2D eigenvalue weighted by Crippen LogP contribution is -1.70. The SMILES string of the molecule is C=CCC.Cc1ccc(C)cc1. The van der Waals surface area contributed by atoms with Crippen LogP contribution in [0.5, 0.6) is 0 Å². The van der Waals surface area contributed by atoms with Gasteiger partial charge in [0.25, 0.3) is 0 Å². The molecule has 0 fully saturated rings. The van der Waals surface area contributed by atoms with Crippen molar-refractivity contribution in [3.05, 3.63) is 48.0 Å². The maximum atomic E-state index is 3.48. The van der Waals surface area contributed by atoms with Gasteiger partial charge in [-0.1, -0.05) is 48.4 Å². The van der Waals surface area contributed by atoms with Crippen LogP contribution in [0.15, 0.2) is 36.9 Å². The van der Waals surface area contributed by atoms with Crippen molar-refractivity contribution in [3.63, 3.8) is 0 Å². The molecule has 0 amide bonds. The zero-order valence-corrected chi connectivity index (χ0v) is 8.30. The van der Waals surface area contributed by atoms with Crippen LogP contribution >= 0.6 is 0 Å². The third-order valence-corrected chi connectivity index (χ3v) is 1.51. The molecule has 12 heavy (non-hydrogen) atoms. The number of rotatable bonds is 1. The highest BCUT2D eigenvalue weighted by Crippen LogP contribution is 1.99. The quantitative estimate of drug-likeness (QED) is 0.550. The molecule has 0 bridgehead atoms. The van der Waals surface area contributed by atoms with Crippen LogP contribution in [0.1, 0.15) is 24.5 Å². The van der Waals surface area contributed by atoms with Gasteiger partial charge in [-0.2, -0.15) is 0 Å². The Morgan fingerprint density at radius 1 is 1.08 bits per heavy atom. The molecule has 1 rings (SSSR count). The van der Waals surface area contributed by atoms with Crippen molar-refractivity contribution in [2.75, 3.05) is 0 Å². The summed E-state index contributed by atoms with van der Waals surface area (Å²) in [5, 5.41) is 0. The molecule has 0 aliphatic rings. The molecule has 1 aromatic rings. The van der Waals surface area contributed by atoms with Crippen molar-refractivity contribution in [2.24, 2.45) is 0 Å². The van der Waals surface area contributed by atoms with Gasteiger partial charge in [-0.15, -0.1) is 6.58 Å². The van der Waals surface area contributed by atoms with E-state index in [1.54, 1.807) is 0 Å². The van der Waals surface area contributed by atoms with E-state index in [0.717, 1.165) is 6.42 Å². The van der Waals surface area contributed by atoms with Crippen molar-refractivity contribution in [3.8, 4) is 0 Å². The standard InChI is InChI=1S/C8H10.C4H8/c1-7-3-5-8(2)6-4-7;1-3-4-2/h3-6H,1-2H3;3H,1,4H2,2H3. The fraction of sp³-hybridized carbons (Fsp3) is 0.333. The van der Waals surface area contributed by atoms with Gasteiger partial charge < -0.3 is 0 Å². The van der Waals surface area contributed by atoms with Crippen molar-refractivity contribution in [2.45, 2.75) is 27.2 Å². The van der Waals surface area contributed by atoms with Crippen LogP contribution in [-0.2, 0) is 0 Å². The molecule has 0 aliphatic carbocycles. The first-order chi connectivity index (χ1) is 5.70. The van der Waals surface area contributed by atoms with E-state index in [2.05, 4.69) is 51.6 Å².